The average molecular weight is 238 g/mol. The molecule has 5 atom stereocenters. The van der Waals surface area contributed by atoms with E-state index in [0.29, 0.717) is 17.8 Å². The van der Waals surface area contributed by atoms with Crippen molar-refractivity contribution in [1.82, 2.24) is 10.2 Å². The van der Waals surface area contributed by atoms with Crippen LogP contribution >= 0.6 is 0 Å². The van der Waals surface area contributed by atoms with Crippen LogP contribution in [0.25, 0.3) is 0 Å². The molecule has 17 heavy (non-hydrogen) atoms. The number of likely N-dealkylation sites (tertiary alicyclic amines) is 1. The van der Waals surface area contributed by atoms with Gasteiger partial charge in [0, 0.05) is 19.0 Å². The van der Waals surface area contributed by atoms with E-state index in [2.05, 4.69) is 12.2 Å². The normalized spacial score (nSPS) is 45.3. The highest BCUT2D eigenvalue weighted by Crippen LogP contribution is 2.38. The van der Waals surface area contributed by atoms with Gasteiger partial charge < -0.3 is 15.3 Å². The first-order valence-electron chi connectivity index (χ1n) is 6.87. The summed E-state index contributed by atoms with van der Waals surface area (Å²) in [4.78, 5) is 14.4. The second-order valence-electron chi connectivity index (χ2n) is 6.01. The van der Waals surface area contributed by atoms with E-state index < -0.39 is 0 Å². The predicted octanol–water partition coefficient (Wildman–Crippen LogP) is 0.214. The summed E-state index contributed by atoms with van der Waals surface area (Å²) in [5.74, 6) is 1.60. The van der Waals surface area contributed by atoms with Gasteiger partial charge in [0.15, 0.2) is 0 Å². The monoisotopic (exact) mass is 238 g/mol. The predicted molar refractivity (Wildman–Crippen MR) is 64.4 cm³/mol. The highest BCUT2D eigenvalue weighted by molar-refractivity contribution is 5.82. The fraction of sp³-hybridized carbons (Fsp3) is 0.923. The fourth-order valence-electron chi connectivity index (χ4n) is 3.78. The molecule has 5 unspecified atom stereocenters. The quantitative estimate of drug-likeness (QED) is 0.687. The maximum absolute atomic E-state index is 12.4. The second-order valence-corrected chi connectivity index (χ2v) is 6.01. The summed E-state index contributed by atoms with van der Waals surface area (Å²) in [6.07, 6.45) is 2.94. The van der Waals surface area contributed by atoms with Crippen molar-refractivity contribution in [1.29, 1.82) is 0 Å². The van der Waals surface area contributed by atoms with Gasteiger partial charge in [0.1, 0.15) is 0 Å². The summed E-state index contributed by atoms with van der Waals surface area (Å²) in [5, 5.41) is 13.2. The number of hydrogen-bond donors (Lipinski definition) is 2. The highest BCUT2D eigenvalue weighted by atomic mass is 16.3. The van der Waals surface area contributed by atoms with Gasteiger partial charge in [-0.3, -0.25) is 4.79 Å². The Morgan fingerprint density at radius 1 is 1.29 bits per heavy atom. The molecule has 1 amide bonds. The minimum Gasteiger partial charge on any atom is -0.393 e. The Morgan fingerprint density at radius 3 is 2.76 bits per heavy atom. The van der Waals surface area contributed by atoms with Crippen LogP contribution in [0.4, 0.5) is 0 Å². The zero-order chi connectivity index (χ0) is 12.0. The first kappa shape index (κ1) is 11.5. The molecule has 4 heteroatoms. The Bertz CT molecular complexity index is 321. The molecule has 1 aliphatic carbocycles. The first-order chi connectivity index (χ1) is 8.16. The number of nitrogens with one attached hydrogen (secondary N) is 1. The summed E-state index contributed by atoms with van der Waals surface area (Å²) in [5.41, 5.74) is 0. The Kier molecular flexibility index (Phi) is 2.87. The van der Waals surface area contributed by atoms with Gasteiger partial charge in [-0.2, -0.15) is 0 Å². The van der Waals surface area contributed by atoms with E-state index in [1.807, 2.05) is 4.90 Å². The van der Waals surface area contributed by atoms with Crippen LogP contribution in [0, 0.1) is 17.8 Å². The van der Waals surface area contributed by atoms with E-state index in [-0.39, 0.29) is 18.1 Å². The Labute approximate surface area is 102 Å². The number of hydrogen-bond acceptors (Lipinski definition) is 3. The summed E-state index contributed by atoms with van der Waals surface area (Å²) >= 11 is 0. The molecular weight excluding hydrogens is 216 g/mol. The van der Waals surface area contributed by atoms with Crippen LogP contribution in [0.5, 0.6) is 0 Å². The van der Waals surface area contributed by atoms with Crippen LogP contribution < -0.4 is 5.32 Å². The highest BCUT2D eigenvalue weighted by Gasteiger charge is 2.45. The van der Waals surface area contributed by atoms with Crippen LogP contribution in [0.3, 0.4) is 0 Å². The molecule has 0 aromatic heterocycles. The van der Waals surface area contributed by atoms with E-state index >= 15 is 0 Å². The molecule has 0 spiro atoms. The zero-order valence-corrected chi connectivity index (χ0v) is 10.4. The standard InChI is InChI=1S/C13H22N2O2/c1-8-4-5-14-12(8)13(17)15-6-9-2-3-11(16)10(9)7-15/h8-12,14,16H,2-7H2,1H3. The van der Waals surface area contributed by atoms with Gasteiger partial charge in [-0.15, -0.1) is 0 Å². The third kappa shape index (κ3) is 1.87. The molecule has 3 fully saturated rings. The largest absolute Gasteiger partial charge is 0.393 e. The molecule has 0 radical (unpaired) electrons. The van der Waals surface area contributed by atoms with Gasteiger partial charge >= 0.3 is 0 Å². The Balaban J connectivity index is 1.65. The molecule has 2 saturated heterocycles. The number of fused-ring (bicyclic) bond motifs is 1. The van der Waals surface area contributed by atoms with Crippen molar-refractivity contribution in [3.63, 3.8) is 0 Å². The van der Waals surface area contributed by atoms with Crippen LogP contribution in [-0.2, 0) is 4.79 Å². The SMILES string of the molecule is CC1CCNC1C(=O)N1CC2CCC(O)C2C1. The third-order valence-corrected chi connectivity index (χ3v) is 4.93. The minimum absolute atomic E-state index is 0.0194. The van der Waals surface area contributed by atoms with Crippen LogP contribution in [-0.4, -0.2) is 47.7 Å². The molecule has 96 valence electrons. The summed E-state index contributed by atoms with van der Waals surface area (Å²) < 4.78 is 0. The van der Waals surface area contributed by atoms with Crippen LogP contribution in [0.2, 0.25) is 0 Å². The van der Waals surface area contributed by atoms with Gasteiger partial charge in [0.2, 0.25) is 5.91 Å². The van der Waals surface area contributed by atoms with Gasteiger partial charge in [-0.1, -0.05) is 6.92 Å². The lowest BCUT2D eigenvalue weighted by molar-refractivity contribution is -0.133. The lowest BCUT2D eigenvalue weighted by Gasteiger charge is -2.24. The number of aliphatic hydroxyl groups is 1. The van der Waals surface area contributed by atoms with Gasteiger partial charge in [0.05, 0.1) is 12.1 Å². The van der Waals surface area contributed by atoms with Gasteiger partial charge in [0.25, 0.3) is 0 Å². The smallest absolute Gasteiger partial charge is 0.240 e. The molecular formula is C13H22N2O2. The molecule has 0 bridgehead atoms. The number of amides is 1. The molecule has 0 aromatic rings. The molecule has 3 rings (SSSR count). The molecule has 2 N–H and O–H groups in total. The fourth-order valence-corrected chi connectivity index (χ4v) is 3.78. The van der Waals surface area contributed by atoms with Crippen molar-refractivity contribution in [2.45, 2.75) is 38.3 Å². The number of carbonyl (C=O) groups is 1. The van der Waals surface area contributed by atoms with E-state index in [1.54, 1.807) is 0 Å². The number of nitrogens with zero attached hydrogens (tertiary/aromatic N) is 1. The van der Waals surface area contributed by atoms with Crippen molar-refractivity contribution >= 4 is 5.91 Å². The van der Waals surface area contributed by atoms with Crippen LogP contribution in [0.15, 0.2) is 0 Å². The number of rotatable bonds is 1. The van der Waals surface area contributed by atoms with E-state index in [9.17, 15) is 9.90 Å². The molecule has 2 aliphatic heterocycles. The Morgan fingerprint density at radius 2 is 2.12 bits per heavy atom. The van der Waals surface area contributed by atoms with E-state index in [0.717, 1.165) is 38.9 Å². The minimum atomic E-state index is -0.174. The molecule has 3 aliphatic rings. The third-order valence-electron chi connectivity index (χ3n) is 4.93. The van der Waals surface area contributed by atoms with Gasteiger partial charge in [-0.25, -0.2) is 0 Å². The average Bonchev–Trinajstić information content (AvgIpc) is 2.96. The molecule has 1 saturated carbocycles. The second kappa shape index (κ2) is 4.25. The summed E-state index contributed by atoms with van der Waals surface area (Å²) in [6, 6.07) is 0.0194. The van der Waals surface area contributed by atoms with Crippen molar-refractivity contribution in [3.8, 4) is 0 Å². The lowest BCUT2D eigenvalue weighted by atomic mass is 10.00. The van der Waals surface area contributed by atoms with E-state index in [4.69, 9.17) is 0 Å². The number of carbonyl (C=O) groups excluding carboxylic acids is 1. The lowest BCUT2D eigenvalue weighted by Crippen LogP contribution is -2.45. The van der Waals surface area contributed by atoms with Crippen molar-refractivity contribution < 1.29 is 9.90 Å². The molecule has 2 heterocycles. The first-order valence-corrected chi connectivity index (χ1v) is 6.87. The van der Waals surface area contributed by atoms with E-state index in [1.165, 1.54) is 0 Å². The molecule has 0 aromatic carbocycles. The maximum atomic E-state index is 12.4. The summed E-state index contributed by atoms with van der Waals surface area (Å²) in [7, 11) is 0. The summed E-state index contributed by atoms with van der Waals surface area (Å²) in [6.45, 7) is 4.75. The zero-order valence-electron chi connectivity index (χ0n) is 10.4. The van der Waals surface area contributed by atoms with Crippen molar-refractivity contribution in [2.75, 3.05) is 19.6 Å². The molecule has 4 nitrogen and oxygen atoms in total. The Hall–Kier alpha value is -0.610. The van der Waals surface area contributed by atoms with Crippen molar-refractivity contribution in [2.24, 2.45) is 17.8 Å². The van der Waals surface area contributed by atoms with Gasteiger partial charge in [-0.05, 0) is 37.6 Å². The van der Waals surface area contributed by atoms with Crippen molar-refractivity contribution in [3.05, 3.63) is 0 Å². The van der Waals surface area contributed by atoms with Crippen LogP contribution in [0.1, 0.15) is 26.2 Å². The number of aliphatic hydroxyl groups excluding tert-OH is 1. The topological polar surface area (TPSA) is 52.6 Å². The maximum Gasteiger partial charge on any atom is 0.240 e.